The molecule has 1 aliphatic rings. The van der Waals surface area contributed by atoms with Gasteiger partial charge < -0.3 is 15.3 Å². The van der Waals surface area contributed by atoms with E-state index in [-0.39, 0.29) is 24.1 Å². The lowest BCUT2D eigenvalue weighted by molar-refractivity contribution is -0.125. The Morgan fingerprint density at radius 3 is 2.70 bits per heavy atom. The van der Waals surface area contributed by atoms with E-state index in [0.29, 0.717) is 24.3 Å². The van der Waals surface area contributed by atoms with Crippen LogP contribution in [0.3, 0.4) is 0 Å². The quantitative estimate of drug-likeness (QED) is 0.708. The van der Waals surface area contributed by atoms with Gasteiger partial charge in [-0.05, 0) is 31.9 Å². The Morgan fingerprint density at radius 1 is 1.33 bits per heavy atom. The third-order valence-corrected chi connectivity index (χ3v) is 5.01. The van der Waals surface area contributed by atoms with Crippen molar-refractivity contribution in [1.29, 1.82) is 0 Å². The molecule has 8 heteroatoms. The molecule has 27 heavy (non-hydrogen) atoms. The zero-order chi connectivity index (χ0) is 19.3. The fourth-order valence-corrected chi connectivity index (χ4v) is 3.77. The second-order valence-electron chi connectivity index (χ2n) is 7.75. The molecule has 8 nitrogen and oxygen atoms in total. The molecule has 0 radical (unpaired) electrons. The minimum atomic E-state index is -0.712. The number of aromatic nitrogens is 3. The number of nitrogens with one attached hydrogen (secondary N) is 1. The number of hydrogen-bond acceptors (Lipinski definition) is 5. The molecule has 2 aromatic heterocycles. The number of aliphatic hydroxyl groups is 1. The first-order chi connectivity index (χ1) is 12.7. The van der Waals surface area contributed by atoms with Crippen LogP contribution in [-0.4, -0.2) is 50.9 Å². The van der Waals surface area contributed by atoms with Gasteiger partial charge in [0.1, 0.15) is 12.1 Å². The van der Waals surface area contributed by atoms with Gasteiger partial charge in [0.25, 0.3) is 5.56 Å². The molecule has 1 saturated carbocycles. The highest BCUT2D eigenvalue weighted by molar-refractivity contribution is 5.88. The standard InChI is InChI=1S/C19H23N5O3/c1-19(27)9-13(10-19)20-16(25)11-23-17(26)15-8-12-6-4-5-7-14(12)24(15)18(21-23)22(2)3/h4-8,13,27H,9-11H2,1-3H3,(H,20,25). The largest absolute Gasteiger partial charge is 0.390 e. The second kappa shape index (κ2) is 6.09. The van der Waals surface area contributed by atoms with E-state index < -0.39 is 5.60 Å². The number of benzene rings is 1. The van der Waals surface area contributed by atoms with E-state index in [4.69, 9.17) is 0 Å². The molecule has 1 aromatic carbocycles. The zero-order valence-electron chi connectivity index (χ0n) is 15.6. The van der Waals surface area contributed by atoms with Crippen LogP contribution in [0.15, 0.2) is 35.1 Å². The smallest absolute Gasteiger partial charge is 0.291 e. The van der Waals surface area contributed by atoms with Crippen molar-refractivity contribution in [3.63, 3.8) is 0 Å². The maximum Gasteiger partial charge on any atom is 0.291 e. The van der Waals surface area contributed by atoms with Crippen LogP contribution in [0.4, 0.5) is 5.95 Å². The van der Waals surface area contributed by atoms with Crippen LogP contribution in [0.25, 0.3) is 16.4 Å². The van der Waals surface area contributed by atoms with Crippen molar-refractivity contribution in [3.05, 3.63) is 40.7 Å². The normalized spacial score (nSPS) is 22.0. The van der Waals surface area contributed by atoms with Crippen molar-refractivity contribution in [3.8, 4) is 0 Å². The van der Waals surface area contributed by atoms with Gasteiger partial charge in [-0.3, -0.25) is 14.0 Å². The minimum absolute atomic E-state index is 0.0591. The lowest BCUT2D eigenvalue weighted by Crippen LogP contribution is -2.54. The molecule has 0 atom stereocenters. The first-order valence-electron chi connectivity index (χ1n) is 8.95. The third kappa shape index (κ3) is 3.06. The van der Waals surface area contributed by atoms with Crippen LogP contribution in [-0.2, 0) is 11.3 Å². The summed E-state index contributed by atoms with van der Waals surface area (Å²) in [5, 5.41) is 18.0. The summed E-state index contributed by atoms with van der Waals surface area (Å²) in [5.74, 6) is 0.292. The molecule has 0 unspecified atom stereocenters. The van der Waals surface area contributed by atoms with Crippen molar-refractivity contribution in [2.24, 2.45) is 0 Å². The van der Waals surface area contributed by atoms with Crippen LogP contribution in [0.2, 0.25) is 0 Å². The van der Waals surface area contributed by atoms with Crippen molar-refractivity contribution in [2.45, 2.75) is 38.0 Å². The highest BCUT2D eigenvalue weighted by Crippen LogP contribution is 2.31. The topological polar surface area (TPSA) is 91.9 Å². The molecule has 4 rings (SSSR count). The average Bonchev–Trinajstić information content (AvgIpc) is 2.95. The predicted octanol–water partition coefficient (Wildman–Crippen LogP) is 0.745. The molecule has 2 N–H and O–H groups in total. The van der Waals surface area contributed by atoms with Gasteiger partial charge in [-0.25, -0.2) is 4.68 Å². The van der Waals surface area contributed by atoms with Gasteiger partial charge in [-0.15, -0.1) is 5.10 Å². The molecule has 0 saturated heterocycles. The van der Waals surface area contributed by atoms with E-state index in [2.05, 4.69) is 10.4 Å². The van der Waals surface area contributed by atoms with Gasteiger partial charge in [-0.1, -0.05) is 18.2 Å². The monoisotopic (exact) mass is 369 g/mol. The molecule has 1 aliphatic carbocycles. The van der Waals surface area contributed by atoms with E-state index in [9.17, 15) is 14.7 Å². The summed E-state index contributed by atoms with van der Waals surface area (Å²) in [6.45, 7) is 1.59. The van der Waals surface area contributed by atoms with Gasteiger partial charge in [0.05, 0.1) is 11.1 Å². The minimum Gasteiger partial charge on any atom is -0.390 e. The predicted molar refractivity (Wildman–Crippen MR) is 103 cm³/mol. The maximum atomic E-state index is 12.9. The molecule has 0 bridgehead atoms. The van der Waals surface area contributed by atoms with Crippen molar-refractivity contribution in [1.82, 2.24) is 19.5 Å². The van der Waals surface area contributed by atoms with E-state index in [1.54, 1.807) is 6.92 Å². The first kappa shape index (κ1) is 17.5. The molecule has 0 aliphatic heterocycles. The number of rotatable bonds is 4. The van der Waals surface area contributed by atoms with Crippen LogP contribution in [0.5, 0.6) is 0 Å². The number of carbonyl (C=O) groups excluding carboxylic acids is 1. The number of para-hydroxylation sites is 1. The first-order valence-corrected chi connectivity index (χ1v) is 8.95. The Balaban J connectivity index is 1.71. The van der Waals surface area contributed by atoms with Gasteiger partial charge in [0.15, 0.2) is 0 Å². The highest BCUT2D eigenvalue weighted by atomic mass is 16.3. The molecule has 2 heterocycles. The van der Waals surface area contributed by atoms with Crippen molar-refractivity contribution >= 4 is 28.3 Å². The van der Waals surface area contributed by atoms with Gasteiger partial charge in [0, 0.05) is 25.5 Å². The van der Waals surface area contributed by atoms with Gasteiger partial charge in [-0.2, -0.15) is 0 Å². The lowest BCUT2D eigenvalue weighted by Gasteiger charge is -2.41. The Labute approximate surface area is 156 Å². The fourth-order valence-electron chi connectivity index (χ4n) is 3.77. The SMILES string of the molecule is CN(C)c1nn(CC(=O)NC2CC(C)(O)C2)c(=O)c2cc3ccccc3n12. The maximum absolute atomic E-state index is 12.9. The molecular formula is C19H23N5O3. The summed E-state index contributed by atoms with van der Waals surface area (Å²) in [6, 6.07) is 9.49. The number of nitrogens with zero attached hydrogens (tertiary/aromatic N) is 4. The van der Waals surface area contributed by atoms with Crippen molar-refractivity contribution < 1.29 is 9.90 Å². The van der Waals surface area contributed by atoms with E-state index in [1.165, 1.54) is 4.68 Å². The molecular weight excluding hydrogens is 346 g/mol. The Morgan fingerprint density at radius 2 is 2.04 bits per heavy atom. The molecule has 0 spiro atoms. The van der Waals surface area contributed by atoms with Crippen LogP contribution < -0.4 is 15.8 Å². The third-order valence-electron chi connectivity index (χ3n) is 5.01. The number of carbonyl (C=O) groups is 1. The Hall–Kier alpha value is -2.87. The Kier molecular flexibility index (Phi) is 3.96. The van der Waals surface area contributed by atoms with Gasteiger partial charge in [0.2, 0.25) is 11.9 Å². The molecule has 142 valence electrons. The molecule has 1 fully saturated rings. The highest BCUT2D eigenvalue weighted by Gasteiger charge is 2.39. The summed E-state index contributed by atoms with van der Waals surface area (Å²) in [6.07, 6.45) is 1.04. The van der Waals surface area contributed by atoms with Gasteiger partial charge >= 0.3 is 0 Å². The number of anilines is 1. The number of hydrogen-bond donors (Lipinski definition) is 2. The lowest BCUT2D eigenvalue weighted by atomic mass is 9.77. The van der Waals surface area contributed by atoms with E-state index >= 15 is 0 Å². The summed E-state index contributed by atoms with van der Waals surface area (Å²) in [7, 11) is 3.70. The van der Waals surface area contributed by atoms with E-state index in [1.807, 2.05) is 53.7 Å². The summed E-state index contributed by atoms with van der Waals surface area (Å²) in [5.41, 5.74) is 0.353. The summed E-state index contributed by atoms with van der Waals surface area (Å²) >= 11 is 0. The van der Waals surface area contributed by atoms with Crippen LogP contribution >= 0.6 is 0 Å². The zero-order valence-corrected chi connectivity index (χ0v) is 15.6. The van der Waals surface area contributed by atoms with E-state index in [0.717, 1.165) is 10.9 Å². The molecule has 3 aromatic rings. The molecule has 1 amide bonds. The summed E-state index contributed by atoms with van der Waals surface area (Å²) in [4.78, 5) is 27.1. The van der Waals surface area contributed by atoms with Crippen LogP contribution in [0, 0.1) is 0 Å². The Bertz CT molecular complexity index is 1090. The second-order valence-corrected chi connectivity index (χ2v) is 7.75. The average molecular weight is 369 g/mol. The number of fused-ring (bicyclic) bond motifs is 3. The van der Waals surface area contributed by atoms with Crippen molar-refractivity contribution in [2.75, 3.05) is 19.0 Å². The van der Waals surface area contributed by atoms with Crippen LogP contribution in [0.1, 0.15) is 19.8 Å². The fraction of sp³-hybridized carbons (Fsp3) is 0.421. The summed E-state index contributed by atoms with van der Waals surface area (Å²) < 4.78 is 3.02. The number of amides is 1.